The van der Waals surface area contributed by atoms with Crippen LogP contribution in [0.1, 0.15) is 47.5 Å². The Morgan fingerprint density at radius 2 is 1.94 bits per heavy atom. The van der Waals surface area contributed by atoms with Crippen LogP contribution >= 0.6 is 0 Å². The lowest BCUT2D eigenvalue weighted by molar-refractivity contribution is -0.127. The molecule has 2 unspecified atom stereocenters. The molecule has 0 aliphatic rings. The molecule has 0 saturated heterocycles. The highest BCUT2D eigenvalue weighted by Gasteiger charge is 2.29. The molecule has 0 radical (unpaired) electrons. The van der Waals surface area contributed by atoms with Crippen molar-refractivity contribution in [2.75, 3.05) is 13.6 Å². The zero-order valence-corrected chi connectivity index (χ0v) is 12.2. The highest BCUT2D eigenvalue weighted by Crippen LogP contribution is 2.14. The van der Waals surface area contributed by atoms with Gasteiger partial charge in [-0.15, -0.1) is 0 Å². The van der Waals surface area contributed by atoms with Gasteiger partial charge in [0, 0.05) is 18.1 Å². The van der Waals surface area contributed by atoms with Gasteiger partial charge in [0.05, 0.1) is 6.04 Å². The van der Waals surface area contributed by atoms with Crippen LogP contribution in [0.4, 0.5) is 0 Å². The van der Waals surface area contributed by atoms with Gasteiger partial charge < -0.3 is 11.1 Å². The Kier molecular flexibility index (Phi) is 6.72. The molecule has 0 rings (SSSR count). The summed E-state index contributed by atoms with van der Waals surface area (Å²) < 4.78 is 0. The third-order valence-corrected chi connectivity index (χ3v) is 3.53. The fourth-order valence-electron chi connectivity index (χ4n) is 1.71. The third kappa shape index (κ3) is 5.04. The lowest BCUT2D eigenvalue weighted by atomic mass is 10.0. The van der Waals surface area contributed by atoms with Crippen LogP contribution in [0.3, 0.4) is 0 Å². The van der Waals surface area contributed by atoms with E-state index in [9.17, 15) is 4.79 Å². The standard InChI is InChI=1S/C13H29N3O/c1-7-8-10(2)15-12(17)11(3)16(6)13(4,5)9-14/h10-11H,7-9,14H2,1-6H3,(H,15,17). The average Bonchev–Trinajstić information content (AvgIpc) is 2.27. The first-order chi connectivity index (χ1) is 7.76. The average molecular weight is 243 g/mol. The van der Waals surface area contributed by atoms with Crippen LogP contribution in [0.5, 0.6) is 0 Å². The Morgan fingerprint density at radius 3 is 2.35 bits per heavy atom. The molecule has 0 aromatic heterocycles. The molecule has 4 heteroatoms. The zero-order chi connectivity index (χ0) is 13.6. The fraction of sp³-hybridized carbons (Fsp3) is 0.923. The number of carbonyl (C=O) groups is 1. The summed E-state index contributed by atoms with van der Waals surface area (Å²) in [6.07, 6.45) is 2.10. The smallest absolute Gasteiger partial charge is 0.237 e. The van der Waals surface area contributed by atoms with E-state index in [4.69, 9.17) is 5.73 Å². The summed E-state index contributed by atoms with van der Waals surface area (Å²) in [7, 11) is 1.95. The normalized spacial score (nSPS) is 15.8. The second-order valence-electron chi connectivity index (χ2n) is 5.50. The van der Waals surface area contributed by atoms with Crippen molar-refractivity contribution < 1.29 is 4.79 Å². The minimum atomic E-state index is -0.162. The van der Waals surface area contributed by atoms with Gasteiger partial charge in [0.1, 0.15) is 0 Å². The van der Waals surface area contributed by atoms with E-state index in [0.717, 1.165) is 12.8 Å². The Labute approximate surface area is 106 Å². The summed E-state index contributed by atoms with van der Waals surface area (Å²) in [5.74, 6) is 0.0787. The predicted octanol–water partition coefficient (Wildman–Crippen LogP) is 1.35. The summed E-state index contributed by atoms with van der Waals surface area (Å²) in [6, 6.07) is 0.0807. The Balaban J connectivity index is 4.40. The van der Waals surface area contributed by atoms with Gasteiger partial charge in [-0.05, 0) is 41.2 Å². The van der Waals surface area contributed by atoms with Crippen LogP contribution in [0.25, 0.3) is 0 Å². The van der Waals surface area contributed by atoms with Gasteiger partial charge in [-0.25, -0.2) is 0 Å². The molecule has 0 aromatic rings. The van der Waals surface area contributed by atoms with E-state index in [0.29, 0.717) is 6.54 Å². The van der Waals surface area contributed by atoms with Crippen LogP contribution in [0.2, 0.25) is 0 Å². The molecule has 0 aliphatic heterocycles. The Morgan fingerprint density at radius 1 is 1.41 bits per heavy atom. The van der Waals surface area contributed by atoms with Crippen molar-refractivity contribution in [3.63, 3.8) is 0 Å². The Bertz CT molecular complexity index is 241. The topological polar surface area (TPSA) is 58.4 Å². The van der Waals surface area contributed by atoms with E-state index >= 15 is 0 Å². The number of likely N-dealkylation sites (N-methyl/N-ethyl adjacent to an activating group) is 1. The van der Waals surface area contributed by atoms with Crippen molar-refractivity contribution in [2.24, 2.45) is 5.73 Å². The molecule has 4 nitrogen and oxygen atoms in total. The molecule has 3 N–H and O–H groups in total. The van der Waals surface area contributed by atoms with Crippen molar-refractivity contribution in [1.82, 2.24) is 10.2 Å². The highest BCUT2D eigenvalue weighted by atomic mass is 16.2. The van der Waals surface area contributed by atoms with Crippen molar-refractivity contribution >= 4 is 5.91 Å². The maximum atomic E-state index is 12.0. The number of rotatable bonds is 7. The molecule has 1 amide bonds. The summed E-state index contributed by atoms with van der Waals surface area (Å²) in [5, 5.41) is 3.04. The number of hydrogen-bond donors (Lipinski definition) is 2. The zero-order valence-electron chi connectivity index (χ0n) is 12.2. The molecule has 0 saturated carbocycles. The molecule has 0 fully saturated rings. The van der Waals surface area contributed by atoms with E-state index in [2.05, 4.69) is 12.2 Å². The molecule has 0 aromatic carbocycles. The van der Waals surface area contributed by atoms with Crippen LogP contribution in [-0.2, 0) is 4.79 Å². The van der Waals surface area contributed by atoms with Crippen LogP contribution < -0.4 is 11.1 Å². The van der Waals surface area contributed by atoms with E-state index < -0.39 is 0 Å². The highest BCUT2D eigenvalue weighted by molar-refractivity contribution is 5.81. The quantitative estimate of drug-likeness (QED) is 0.709. The second-order valence-corrected chi connectivity index (χ2v) is 5.50. The van der Waals surface area contributed by atoms with E-state index in [1.54, 1.807) is 0 Å². The van der Waals surface area contributed by atoms with Gasteiger partial charge in [-0.3, -0.25) is 9.69 Å². The molecule has 102 valence electrons. The first-order valence-corrected chi connectivity index (χ1v) is 6.49. The number of hydrogen-bond acceptors (Lipinski definition) is 3. The summed E-state index contributed by atoms with van der Waals surface area (Å²) in [5.41, 5.74) is 5.56. The van der Waals surface area contributed by atoms with Crippen molar-refractivity contribution in [3.8, 4) is 0 Å². The molecular formula is C13H29N3O. The number of nitrogens with one attached hydrogen (secondary N) is 1. The van der Waals surface area contributed by atoms with E-state index in [1.807, 2.05) is 39.6 Å². The van der Waals surface area contributed by atoms with Gasteiger partial charge in [-0.1, -0.05) is 13.3 Å². The number of carbonyl (C=O) groups excluding carboxylic acids is 1. The lowest BCUT2D eigenvalue weighted by Crippen LogP contribution is -2.56. The fourth-order valence-corrected chi connectivity index (χ4v) is 1.71. The van der Waals surface area contributed by atoms with Crippen LogP contribution in [-0.4, -0.2) is 42.0 Å². The third-order valence-electron chi connectivity index (χ3n) is 3.53. The molecule has 2 atom stereocenters. The molecule has 0 spiro atoms. The van der Waals surface area contributed by atoms with Crippen molar-refractivity contribution in [1.29, 1.82) is 0 Å². The number of nitrogens with two attached hydrogens (primary N) is 1. The van der Waals surface area contributed by atoms with Crippen molar-refractivity contribution in [2.45, 2.75) is 65.1 Å². The largest absolute Gasteiger partial charge is 0.352 e. The number of amides is 1. The maximum Gasteiger partial charge on any atom is 0.237 e. The first kappa shape index (κ1) is 16.4. The van der Waals surface area contributed by atoms with Gasteiger partial charge in [-0.2, -0.15) is 0 Å². The minimum absolute atomic E-state index is 0.0787. The van der Waals surface area contributed by atoms with Crippen molar-refractivity contribution in [3.05, 3.63) is 0 Å². The number of nitrogens with zero attached hydrogens (tertiary/aromatic N) is 1. The van der Waals surface area contributed by atoms with Gasteiger partial charge in [0.25, 0.3) is 0 Å². The first-order valence-electron chi connectivity index (χ1n) is 6.49. The monoisotopic (exact) mass is 243 g/mol. The minimum Gasteiger partial charge on any atom is -0.352 e. The molecule has 0 heterocycles. The van der Waals surface area contributed by atoms with Gasteiger partial charge in [0.15, 0.2) is 0 Å². The van der Waals surface area contributed by atoms with Crippen LogP contribution in [0.15, 0.2) is 0 Å². The molecule has 0 aliphatic carbocycles. The van der Waals surface area contributed by atoms with Gasteiger partial charge in [0.2, 0.25) is 5.91 Å². The molecule has 17 heavy (non-hydrogen) atoms. The van der Waals surface area contributed by atoms with Gasteiger partial charge >= 0.3 is 0 Å². The van der Waals surface area contributed by atoms with E-state index in [1.165, 1.54) is 0 Å². The molecule has 0 bridgehead atoms. The van der Waals surface area contributed by atoms with Crippen LogP contribution in [0, 0.1) is 0 Å². The maximum absolute atomic E-state index is 12.0. The summed E-state index contributed by atoms with van der Waals surface area (Å²) >= 11 is 0. The Hall–Kier alpha value is -0.610. The van der Waals surface area contributed by atoms with E-state index in [-0.39, 0.29) is 23.5 Å². The SMILES string of the molecule is CCCC(C)NC(=O)C(C)N(C)C(C)(C)CN. The lowest BCUT2D eigenvalue weighted by Gasteiger charge is -2.38. The molecular weight excluding hydrogens is 214 g/mol. The summed E-state index contributed by atoms with van der Waals surface area (Å²) in [6.45, 7) is 10.7. The second kappa shape index (κ2) is 6.97. The predicted molar refractivity (Wildman–Crippen MR) is 72.9 cm³/mol. The summed E-state index contributed by atoms with van der Waals surface area (Å²) in [4.78, 5) is 14.1.